The topological polar surface area (TPSA) is 16.6 Å². The summed E-state index contributed by atoms with van der Waals surface area (Å²) in [6, 6.07) is 0.759. The Balaban J connectivity index is -0.0000000267. The van der Waals surface area contributed by atoms with Gasteiger partial charge in [0.1, 0.15) is 0 Å². The molecule has 1 nitrogen and oxygen atoms in total. The fraction of sp³-hybridized carbons (Fsp3) is 1.00. The minimum absolute atomic E-state index is 0. The van der Waals surface area contributed by atoms with Crippen LogP contribution in [0.25, 0.3) is 0 Å². The van der Waals surface area contributed by atoms with E-state index in [1.807, 2.05) is 0 Å². The molecular weight excluding hydrogens is 156 g/mol. The zero-order valence-electron chi connectivity index (χ0n) is 5.91. The molecule has 0 saturated carbocycles. The summed E-state index contributed by atoms with van der Waals surface area (Å²) in [6.07, 6.45) is 0. The number of rotatable bonds is 1. The minimum Gasteiger partial charge on any atom is -1.00 e. The van der Waals surface area contributed by atoms with Gasteiger partial charge in [-0.2, -0.15) is 0 Å². The molecule has 0 aromatic heterocycles. The fourth-order valence-electron chi connectivity index (χ4n) is 0. The molecule has 0 spiro atoms. The van der Waals surface area contributed by atoms with Crippen molar-refractivity contribution in [3.05, 3.63) is 0 Å². The maximum Gasteiger partial charge on any atom is 1.00 e. The predicted molar refractivity (Wildman–Crippen MR) is 23.0 cm³/mol. The molecule has 48 valence electrons. The second kappa shape index (κ2) is 15.8. The molecule has 8 heavy (non-hydrogen) atoms. The molecular formula is C4H12Cl2NNa. The zero-order chi connectivity index (χ0) is 4.28. The maximum absolute atomic E-state index is 2.17. The molecule has 0 aromatic carbocycles. The standard InChI is InChI=1S/C4H11N.2ClH.Na/c1-4(2)5-3;;;/h4-5H,1-3H3;2*1H;/q;;;+1/p-1. The SMILES string of the molecule is C[NH2+]C(C)C.[Cl-].[Cl-].[Na+]. The number of nitrogens with two attached hydrogens (primary N) is 1. The van der Waals surface area contributed by atoms with Crippen molar-refractivity contribution in [3.63, 3.8) is 0 Å². The Labute approximate surface area is 86.1 Å². The van der Waals surface area contributed by atoms with Gasteiger partial charge in [-0.3, -0.25) is 0 Å². The largest absolute Gasteiger partial charge is 1.00 e. The number of hydrogen-bond acceptors (Lipinski definition) is 0. The van der Waals surface area contributed by atoms with E-state index in [1.54, 1.807) is 0 Å². The van der Waals surface area contributed by atoms with Crippen molar-refractivity contribution >= 4 is 0 Å². The Kier molecular flexibility index (Phi) is 44.8. The van der Waals surface area contributed by atoms with Crippen LogP contribution < -0.4 is 59.7 Å². The second-order valence-corrected chi connectivity index (χ2v) is 1.58. The quantitative estimate of drug-likeness (QED) is 0.374. The summed E-state index contributed by atoms with van der Waals surface area (Å²) in [4.78, 5) is 0. The van der Waals surface area contributed by atoms with E-state index in [9.17, 15) is 0 Å². The van der Waals surface area contributed by atoms with Crippen LogP contribution in [0.4, 0.5) is 0 Å². The zero-order valence-corrected chi connectivity index (χ0v) is 9.42. The molecule has 0 aliphatic carbocycles. The summed E-state index contributed by atoms with van der Waals surface area (Å²) in [5, 5.41) is 2.17. The summed E-state index contributed by atoms with van der Waals surface area (Å²) in [7, 11) is 2.07. The molecule has 4 heteroatoms. The summed E-state index contributed by atoms with van der Waals surface area (Å²) in [5.41, 5.74) is 0. The van der Waals surface area contributed by atoms with E-state index in [1.165, 1.54) is 0 Å². The molecule has 0 fully saturated rings. The molecule has 0 aliphatic rings. The summed E-state index contributed by atoms with van der Waals surface area (Å²) < 4.78 is 0. The third-order valence-electron chi connectivity index (χ3n) is 0.667. The van der Waals surface area contributed by atoms with Gasteiger partial charge in [-0.15, -0.1) is 0 Å². The van der Waals surface area contributed by atoms with E-state index >= 15 is 0 Å². The molecule has 0 atom stereocenters. The van der Waals surface area contributed by atoms with Gasteiger partial charge in [0.05, 0.1) is 13.1 Å². The van der Waals surface area contributed by atoms with Gasteiger partial charge in [-0.25, -0.2) is 0 Å². The third kappa shape index (κ3) is 25.7. The first-order chi connectivity index (χ1) is 2.27. The predicted octanol–water partition coefficient (Wildman–Crippen LogP) is -9.40. The van der Waals surface area contributed by atoms with Gasteiger partial charge >= 0.3 is 29.6 Å². The smallest absolute Gasteiger partial charge is 1.00 e. The molecule has 0 bridgehead atoms. The van der Waals surface area contributed by atoms with Gasteiger partial charge in [0.2, 0.25) is 0 Å². The average Bonchev–Trinajstić information content (AvgIpc) is 1.38. The van der Waals surface area contributed by atoms with Crippen LogP contribution >= 0.6 is 0 Å². The van der Waals surface area contributed by atoms with E-state index in [4.69, 9.17) is 0 Å². The summed E-state index contributed by atoms with van der Waals surface area (Å²) >= 11 is 0. The first kappa shape index (κ1) is 22.7. The van der Waals surface area contributed by atoms with Crippen molar-refractivity contribution in [1.82, 2.24) is 0 Å². The van der Waals surface area contributed by atoms with Gasteiger partial charge in [-0.05, 0) is 13.8 Å². The normalized spacial score (nSPS) is 6.00. The molecule has 0 amide bonds. The van der Waals surface area contributed by atoms with Crippen molar-refractivity contribution in [2.24, 2.45) is 0 Å². The Morgan fingerprint density at radius 1 is 1.12 bits per heavy atom. The average molecular weight is 168 g/mol. The van der Waals surface area contributed by atoms with Gasteiger partial charge in [-0.1, -0.05) is 0 Å². The van der Waals surface area contributed by atoms with Crippen molar-refractivity contribution in [2.45, 2.75) is 19.9 Å². The van der Waals surface area contributed by atoms with E-state index in [-0.39, 0.29) is 54.4 Å². The molecule has 0 heterocycles. The molecule has 0 radical (unpaired) electrons. The molecule has 0 unspecified atom stereocenters. The first-order valence-corrected chi connectivity index (χ1v) is 2.07. The van der Waals surface area contributed by atoms with Crippen LogP contribution in [0.1, 0.15) is 13.8 Å². The van der Waals surface area contributed by atoms with Crippen LogP contribution in [0.15, 0.2) is 0 Å². The van der Waals surface area contributed by atoms with Crippen molar-refractivity contribution in [2.75, 3.05) is 7.05 Å². The first-order valence-electron chi connectivity index (χ1n) is 2.07. The van der Waals surface area contributed by atoms with Crippen LogP contribution in [0, 0.1) is 0 Å². The Morgan fingerprint density at radius 3 is 1.25 bits per heavy atom. The van der Waals surface area contributed by atoms with Crippen LogP contribution in [0.5, 0.6) is 0 Å². The van der Waals surface area contributed by atoms with Crippen molar-refractivity contribution in [3.8, 4) is 0 Å². The van der Waals surface area contributed by atoms with Gasteiger partial charge < -0.3 is 30.1 Å². The van der Waals surface area contributed by atoms with E-state index in [0.29, 0.717) is 0 Å². The van der Waals surface area contributed by atoms with Crippen LogP contribution in [-0.4, -0.2) is 13.1 Å². The minimum atomic E-state index is 0. The number of quaternary nitrogens is 1. The van der Waals surface area contributed by atoms with Crippen molar-refractivity contribution in [1.29, 1.82) is 0 Å². The molecule has 0 aromatic rings. The molecule has 2 N–H and O–H groups in total. The van der Waals surface area contributed by atoms with Gasteiger partial charge in [0, 0.05) is 0 Å². The van der Waals surface area contributed by atoms with E-state index < -0.39 is 0 Å². The third-order valence-corrected chi connectivity index (χ3v) is 0.667. The van der Waals surface area contributed by atoms with Gasteiger partial charge in [0.15, 0.2) is 0 Å². The molecule has 0 aliphatic heterocycles. The van der Waals surface area contributed by atoms with Crippen molar-refractivity contribution < 1.29 is 59.7 Å². The second-order valence-electron chi connectivity index (χ2n) is 1.58. The van der Waals surface area contributed by atoms with Crippen LogP contribution in [0.2, 0.25) is 0 Å². The Bertz CT molecular complexity index is 28.0. The monoisotopic (exact) mass is 167 g/mol. The summed E-state index contributed by atoms with van der Waals surface area (Å²) in [6.45, 7) is 4.33. The number of halogens is 2. The fourth-order valence-corrected chi connectivity index (χ4v) is 0. The Hall–Kier alpha value is 1.54. The summed E-state index contributed by atoms with van der Waals surface area (Å²) in [5.74, 6) is 0. The van der Waals surface area contributed by atoms with Gasteiger partial charge in [0.25, 0.3) is 0 Å². The number of hydrogen-bond donors (Lipinski definition) is 1. The van der Waals surface area contributed by atoms with E-state index in [0.717, 1.165) is 6.04 Å². The maximum atomic E-state index is 2.17. The molecule has 0 rings (SSSR count). The molecule has 0 saturated heterocycles. The Morgan fingerprint density at radius 2 is 1.25 bits per heavy atom. The van der Waals surface area contributed by atoms with E-state index in [2.05, 4.69) is 26.2 Å². The van der Waals surface area contributed by atoms with Crippen LogP contribution in [-0.2, 0) is 0 Å². The van der Waals surface area contributed by atoms with Crippen LogP contribution in [0.3, 0.4) is 0 Å².